The molecule has 0 aliphatic rings. The van der Waals surface area contributed by atoms with Crippen LogP contribution < -0.4 is 10.1 Å². The number of nitrogens with one attached hydrogen (secondary N) is 1. The predicted octanol–water partition coefficient (Wildman–Crippen LogP) is 5.56. The van der Waals surface area contributed by atoms with Crippen LogP contribution in [0.1, 0.15) is 22.8 Å². The molecule has 2 rings (SSSR count). The number of hydrogen-bond acceptors (Lipinski definition) is 3. The molecule has 130 valence electrons. The van der Waals surface area contributed by atoms with Crippen LogP contribution >= 0.6 is 0 Å². The van der Waals surface area contributed by atoms with Gasteiger partial charge in [-0.3, -0.25) is 4.79 Å². The second-order valence-electron chi connectivity index (χ2n) is 5.56. The van der Waals surface area contributed by atoms with Crippen LogP contribution in [0.5, 0.6) is 5.75 Å². The molecule has 1 N–H and O–H groups in total. The Bertz CT molecular complexity index is 760. The Labute approximate surface area is 150 Å². The highest BCUT2D eigenvalue weighted by Crippen LogP contribution is 2.19. The number of ether oxygens (including phenoxy) is 1. The maximum Gasteiger partial charge on any atom is 0.150 e. The van der Waals surface area contributed by atoms with Gasteiger partial charge in [-0.25, -0.2) is 0 Å². The van der Waals surface area contributed by atoms with Gasteiger partial charge in [-0.1, -0.05) is 54.6 Å². The topological polar surface area (TPSA) is 38.3 Å². The fourth-order valence-corrected chi connectivity index (χ4v) is 1.88. The molecule has 0 amide bonds. The molecule has 0 heterocycles. The SMILES string of the molecule is C=C(C)/C=C\C(=C)Oc1cccc(NC)c1.Cc1cccc(C=O)c1. The summed E-state index contributed by atoms with van der Waals surface area (Å²) in [5, 5.41) is 3.05. The smallest absolute Gasteiger partial charge is 0.150 e. The lowest BCUT2D eigenvalue weighted by molar-refractivity contribution is 0.112. The molecule has 0 unspecified atom stereocenters. The number of aryl methyl sites for hydroxylation is 1. The summed E-state index contributed by atoms with van der Waals surface area (Å²) in [5.74, 6) is 1.36. The van der Waals surface area contributed by atoms with Crippen LogP contribution in [0.2, 0.25) is 0 Å². The Morgan fingerprint density at radius 1 is 1.08 bits per heavy atom. The van der Waals surface area contributed by atoms with Crippen molar-refractivity contribution < 1.29 is 9.53 Å². The predicted molar refractivity (Wildman–Crippen MR) is 106 cm³/mol. The van der Waals surface area contributed by atoms with Crippen LogP contribution in [0.4, 0.5) is 5.69 Å². The Kier molecular flexibility index (Phi) is 8.52. The van der Waals surface area contributed by atoms with Gasteiger partial charge in [0.15, 0.2) is 0 Å². The van der Waals surface area contributed by atoms with Gasteiger partial charge in [-0.15, -0.1) is 0 Å². The van der Waals surface area contributed by atoms with E-state index in [2.05, 4.69) is 18.5 Å². The number of benzene rings is 2. The van der Waals surface area contributed by atoms with Crippen molar-refractivity contribution in [3.05, 3.63) is 96.3 Å². The first kappa shape index (κ1) is 20.0. The normalized spacial score (nSPS) is 9.72. The monoisotopic (exact) mass is 335 g/mol. The van der Waals surface area contributed by atoms with Crippen LogP contribution in [0.3, 0.4) is 0 Å². The second-order valence-corrected chi connectivity index (χ2v) is 5.56. The largest absolute Gasteiger partial charge is 0.458 e. The summed E-state index contributed by atoms with van der Waals surface area (Å²) in [4.78, 5) is 10.2. The van der Waals surface area contributed by atoms with Gasteiger partial charge in [0, 0.05) is 24.4 Å². The summed E-state index contributed by atoms with van der Waals surface area (Å²) < 4.78 is 5.54. The lowest BCUT2D eigenvalue weighted by Crippen LogP contribution is -1.92. The van der Waals surface area contributed by atoms with Gasteiger partial charge in [0.2, 0.25) is 0 Å². The van der Waals surface area contributed by atoms with Crippen molar-refractivity contribution in [1.29, 1.82) is 0 Å². The minimum Gasteiger partial charge on any atom is -0.458 e. The Balaban J connectivity index is 0.000000293. The van der Waals surface area contributed by atoms with E-state index in [-0.39, 0.29) is 0 Å². The lowest BCUT2D eigenvalue weighted by atomic mass is 10.2. The van der Waals surface area contributed by atoms with Crippen molar-refractivity contribution in [3.8, 4) is 5.75 Å². The molecule has 0 fully saturated rings. The first-order valence-electron chi connectivity index (χ1n) is 7.94. The second kappa shape index (κ2) is 10.7. The Morgan fingerprint density at radius 3 is 2.36 bits per heavy atom. The number of hydrogen-bond donors (Lipinski definition) is 1. The van der Waals surface area contributed by atoms with E-state index < -0.39 is 0 Å². The summed E-state index contributed by atoms with van der Waals surface area (Å²) in [6, 6.07) is 15.2. The van der Waals surface area contributed by atoms with E-state index in [4.69, 9.17) is 4.74 Å². The summed E-state index contributed by atoms with van der Waals surface area (Å²) in [5.41, 5.74) is 3.84. The first-order chi connectivity index (χ1) is 11.9. The zero-order valence-corrected chi connectivity index (χ0v) is 15.1. The molecule has 0 saturated carbocycles. The van der Waals surface area contributed by atoms with Gasteiger partial charge in [0.05, 0.1) is 0 Å². The molecule has 0 saturated heterocycles. The van der Waals surface area contributed by atoms with Crippen LogP contribution in [0.25, 0.3) is 0 Å². The van der Waals surface area contributed by atoms with Gasteiger partial charge in [0.1, 0.15) is 17.8 Å². The molecule has 0 spiro atoms. The average Bonchev–Trinajstić information content (AvgIpc) is 2.60. The molecule has 25 heavy (non-hydrogen) atoms. The molecule has 0 radical (unpaired) electrons. The van der Waals surface area contributed by atoms with E-state index in [1.54, 1.807) is 12.1 Å². The fourth-order valence-electron chi connectivity index (χ4n) is 1.88. The van der Waals surface area contributed by atoms with E-state index in [0.717, 1.165) is 34.4 Å². The zero-order valence-electron chi connectivity index (χ0n) is 15.1. The van der Waals surface area contributed by atoms with Crippen molar-refractivity contribution in [2.24, 2.45) is 0 Å². The highest BCUT2D eigenvalue weighted by atomic mass is 16.5. The summed E-state index contributed by atoms with van der Waals surface area (Å²) in [6.45, 7) is 11.5. The van der Waals surface area contributed by atoms with Crippen LogP contribution in [-0.4, -0.2) is 13.3 Å². The number of carbonyl (C=O) groups is 1. The maximum absolute atomic E-state index is 10.2. The summed E-state index contributed by atoms with van der Waals surface area (Å²) in [7, 11) is 1.87. The van der Waals surface area contributed by atoms with Crippen LogP contribution in [0, 0.1) is 6.92 Å². The summed E-state index contributed by atoms with van der Waals surface area (Å²) >= 11 is 0. The number of aldehydes is 1. The van der Waals surface area contributed by atoms with Crippen molar-refractivity contribution in [2.45, 2.75) is 13.8 Å². The van der Waals surface area contributed by atoms with E-state index in [0.29, 0.717) is 5.76 Å². The van der Waals surface area contributed by atoms with Gasteiger partial charge in [-0.2, -0.15) is 0 Å². The molecule has 3 heteroatoms. The van der Waals surface area contributed by atoms with Crippen molar-refractivity contribution in [2.75, 3.05) is 12.4 Å². The molecule has 0 atom stereocenters. The molecular formula is C22H25NO2. The van der Waals surface area contributed by atoms with Crippen molar-refractivity contribution >= 4 is 12.0 Å². The quantitative estimate of drug-likeness (QED) is 0.426. The van der Waals surface area contributed by atoms with E-state index in [1.807, 2.05) is 69.4 Å². The maximum atomic E-state index is 10.2. The third kappa shape index (κ3) is 8.37. The third-order valence-corrected chi connectivity index (χ3v) is 3.10. The average molecular weight is 335 g/mol. The van der Waals surface area contributed by atoms with Gasteiger partial charge in [0.25, 0.3) is 0 Å². The van der Waals surface area contributed by atoms with E-state index in [9.17, 15) is 4.79 Å². The first-order valence-corrected chi connectivity index (χ1v) is 7.94. The zero-order chi connectivity index (χ0) is 18.7. The number of allylic oxidation sites excluding steroid dienone is 3. The number of carbonyl (C=O) groups excluding carboxylic acids is 1. The molecule has 0 aliphatic heterocycles. The minimum atomic E-state index is 0.594. The number of rotatable bonds is 6. The minimum absolute atomic E-state index is 0.594. The molecule has 2 aromatic rings. The molecule has 0 aliphatic carbocycles. The van der Waals surface area contributed by atoms with E-state index in [1.165, 1.54) is 0 Å². The lowest BCUT2D eigenvalue weighted by Gasteiger charge is -2.07. The Morgan fingerprint density at radius 2 is 1.80 bits per heavy atom. The van der Waals surface area contributed by atoms with Gasteiger partial charge >= 0.3 is 0 Å². The van der Waals surface area contributed by atoms with Gasteiger partial charge < -0.3 is 10.1 Å². The van der Waals surface area contributed by atoms with Gasteiger partial charge in [-0.05, 0) is 38.1 Å². The molecule has 0 bridgehead atoms. The highest BCUT2D eigenvalue weighted by molar-refractivity contribution is 5.74. The summed E-state index contributed by atoms with van der Waals surface area (Å²) in [6.07, 6.45) is 4.52. The van der Waals surface area contributed by atoms with E-state index >= 15 is 0 Å². The van der Waals surface area contributed by atoms with Crippen molar-refractivity contribution in [3.63, 3.8) is 0 Å². The van der Waals surface area contributed by atoms with Crippen LogP contribution in [-0.2, 0) is 0 Å². The third-order valence-electron chi connectivity index (χ3n) is 3.10. The molecule has 2 aromatic carbocycles. The standard InChI is InChI=1S/C14H17NO.C8H8O/c1-11(2)8-9-12(3)16-14-7-5-6-13(10-14)15-4;1-7-3-2-4-8(5-7)6-9/h5-10,15H,1,3H2,2,4H3;2-6H,1H3/b9-8-;. The van der Waals surface area contributed by atoms with Crippen LogP contribution in [0.15, 0.2) is 85.2 Å². The molecular weight excluding hydrogens is 310 g/mol. The fraction of sp³-hybridized carbons (Fsp3) is 0.136. The highest BCUT2D eigenvalue weighted by Gasteiger charge is 1.96. The Hall–Kier alpha value is -3.07. The molecule has 3 nitrogen and oxygen atoms in total. The molecule has 0 aromatic heterocycles. The number of anilines is 1. The van der Waals surface area contributed by atoms with Crippen molar-refractivity contribution in [1.82, 2.24) is 0 Å².